The van der Waals surface area contributed by atoms with E-state index in [1.54, 1.807) is 24.4 Å². The quantitative estimate of drug-likeness (QED) is 0.294. The van der Waals surface area contributed by atoms with Gasteiger partial charge in [-0.1, -0.05) is 35.9 Å². The first-order valence-corrected chi connectivity index (χ1v) is 11.6. The number of carbonyl (C=O) groups excluding carboxylic acids is 1. The summed E-state index contributed by atoms with van der Waals surface area (Å²) >= 11 is 3.54. The smallest absolute Gasteiger partial charge is 0.244 e. The minimum Gasteiger partial charge on any atom is -0.490 e. The van der Waals surface area contributed by atoms with Crippen LogP contribution in [0.5, 0.6) is 11.5 Å². The molecule has 0 aromatic heterocycles. The molecule has 34 heavy (non-hydrogen) atoms. The molecule has 3 aromatic rings. The van der Waals surface area contributed by atoms with Crippen LogP contribution in [-0.2, 0) is 17.8 Å². The van der Waals surface area contributed by atoms with Crippen molar-refractivity contribution in [3.63, 3.8) is 0 Å². The van der Waals surface area contributed by atoms with E-state index in [2.05, 4.69) is 38.6 Å². The van der Waals surface area contributed by atoms with Crippen LogP contribution in [0.3, 0.4) is 0 Å². The van der Waals surface area contributed by atoms with E-state index < -0.39 is 0 Å². The Morgan fingerprint density at radius 1 is 1.15 bits per heavy atom. The van der Waals surface area contributed by atoms with Crippen molar-refractivity contribution in [3.05, 3.63) is 92.5 Å². The normalized spacial score (nSPS) is 10.7. The second-order valence-electron chi connectivity index (χ2n) is 7.76. The molecule has 0 aliphatic heterocycles. The number of nitrogens with zero attached hydrogens (tertiary/aromatic N) is 2. The SMILES string of the molecule is CCOc1cc(/C=N/NC(=O)Cc2ccc(C)cc2C)cc(Br)c1OCc1cccc(C#N)c1. The lowest BCUT2D eigenvalue weighted by Gasteiger charge is -2.15. The first-order valence-electron chi connectivity index (χ1n) is 10.9. The molecule has 0 radical (unpaired) electrons. The van der Waals surface area contributed by atoms with E-state index in [9.17, 15) is 4.79 Å². The summed E-state index contributed by atoms with van der Waals surface area (Å²) in [6.45, 7) is 6.66. The zero-order chi connectivity index (χ0) is 24.5. The maximum atomic E-state index is 12.3. The average molecular weight is 520 g/mol. The molecule has 0 saturated carbocycles. The van der Waals surface area contributed by atoms with Crippen molar-refractivity contribution in [1.29, 1.82) is 5.26 Å². The summed E-state index contributed by atoms with van der Waals surface area (Å²) in [5.74, 6) is 0.920. The van der Waals surface area contributed by atoms with E-state index in [-0.39, 0.29) is 18.9 Å². The predicted octanol–water partition coefficient (Wildman–Crippen LogP) is 5.61. The van der Waals surface area contributed by atoms with Gasteiger partial charge in [-0.15, -0.1) is 0 Å². The number of halogens is 1. The van der Waals surface area contributed by atoms with Gasteiger partial charge in [-0.25, -0.2) is 5.43 Å². The number of benzene rings is 3. The minimum absolute atomic E-state index is 0.188. The van der Waals surface area contributed by atoms with Gasteiger partial charge in [-0.3, -0.25) is 4.79 Å². The van der Waals surface area contributed by atoms with Gasteiger partial charge < -0.3 is 9.47 Å². The summed E-state index contributed by atoms with van der Waals surface area (Å²) in [5, 5.41) is 13.2. The molecule has 0 spiro atoms. The Bertz CT molecular complexity index is 1250. The molecule has 0 aliphatic rings. The number of ether oxygens (including phenoxy) is 2. The highest BCUT2D eigenvalue weighted by molar-refractivity contribution is 9.10. The predicted molar refractivity (Wildman–Crippen MR) is 136 cm³/mol. The molecule has 0 saturated heterocycles. The van der Waals surface area contributed by atoms with Gasteiger partial charge in [0.1, 0.15) is 6.61 Å². The van der Waals surface area contributed by atoms with Gasteiger partial charge in [0.25, 0.3) is 0 Å². The first kappa shape index (κ1) is 25.0. The molecule has 0 atom stereocenters. The highest BCUT2D eigenvalue weighted by Crippen LogP contribution is 2.37. The van der Waals surface area contributed by atoms with Crippen LogP contribution < -0.4 is 14.9 Å². The van der Waals surface area contributed by atoms with Gasteiger partial charge in [-0.2, -0.15) is 10.4 Å². The summed E-state index contributed by atoms with van der Waals surface area (Å²) in [5.41, 5.74) is 8.00. The standard InChI is InChI=1S/C27H26BrN3O3/c1-4-33-25-13-22(16-30-31-26(32)14-23-9-8-18(2)10-19(23)3)12-24(28)27(25)34-17-21-7-5-6-20(11-21)15-29/h5-13,16H,4,14,17H2,1-3H3,(H,31,32)/b30-16+. The molecule has 0 unspecified atom stereocenters. The number of rotatable bonds is 9. The van der Waals surface area contributed by atoms with Crippen LogP contribution in [0, 0.1) is 25.2 Å². The van der Waals surface area contributed by atoms with Crippen LogP contribution in [-0.4, -0.2) is 18.7 Å². The second-order valence-corrected chi connectivity index (χ2v) is 8.62. The molecule has 6 nitrogen and oxygen atoms in total. The zero-order valence-electron chi connectivity index (χ0n) is 19.4. The molecule has 174 valence electrons. The number of hydrazone groups is 1. The molecule has 0 heterocycles. The summed E-state index contributed by atoms with van der Waals surface area (Å²) in [7, 11) is 0. The lowest BCUT2D eigenvalue weighted by atomic mass is 10.0. The summed E-state index contributed by atoms with van der Waals surface area (Å²) in [6, 6.07) is 19.0. The van der Waals surface area contributed by atoms with Crippen molar-refractivity contribution in [2.45, 2.75) is 33.8 Å². The number of nitrogens with one attached hydrogen (secondary N) is 1. The Labute approximate surface area is 208 Å². The lowest BCUT2D eigenvalue weighted by Crippen LogP contribution is -2.20. The van der Waals surface area contributed by atoms with Gasteiger partial charge in [0.05, 0.1) is 35.3 Å². The van der Waals surface area contributed by atoms with Gasteiger partial charge in [0.2, 0.25) is 5.91 Å². The minimum atomic E-state index is -0.188. The lowest BCUT2D eigenvalue weighted by molar-refractivity contribution is -0.120. The maximum Gasteiger partial charge on any atom is 0.244 e. The Balaban J connectivity index is 1.68. The van der Waals surface area contributed by atoms with Gasteiger partial charge in [0, 0.05) is 0 Å². The van der Waals surface area contributed by atoms with Crippen molar-refractivity contribution in [2.75, 3.05) is 6.61 Å². The fourth-order valence-corrected chi connectivity index (χ4v) is 3.96. The van der Waals surface area contributed by atoms with Crippen molar-refractivity contribution >= 4 is 28.1 Å². The van der Waals surface area contributed by atoms with Crippen LogP contribution in [0.2, 0.25) is 0 Å². The van der Waals surface area contributed by atoms with E-state index >= 15 is 0 Å². The van der Waals surface area contributed by atoms with Gasteiger partial charge in [-0.05, 0) is 83.2 Å². The Morgan fingerprint density at radius 2 is 1.97 bits per heavy atom. The molecule has 1 amide bonds. The third-order valence-electron chi connectivity index (χ3n) is 5.02. The number of carbonyl (C=O) groups is 1. The Morgan fingerprint density at radius 3 is 2.71 bits per heavy atom. The molecule has 0 bridgehead atoms. The second kappa shape index (κ2) is 12.0. The van der Waals surface area contributed by atoms with Crippen LogP contribution in [0.15, 0.2) is 64.2 Å². The number of nitriles is 1. The van der Waals surface area contributed by atoms with E-state index in [1.807, 2.05) is 51.1 Å². The van der Waals surface area contributed by atoms with Crippen LogP contribution >= 0.6 is 15.9 Å². The van der Waals surface area contributed by atoms with Gasteiger partial charge in [0.15, 0.2) is 11.5 Å². The van der Waals surface area contributed by atoms with Crippen molar-refractivity contribution < 1.29 is 14.3 Å². The summed E-state index contributed by atoms with van der Waals surface area (Å²) in [6.07, 6.45) is 1.82. The molecule has 0 aliphatic carbocycles. The zero-order valence-corrected chi connectivity index (χ0v) is 21.0. The van der Waals surface area contributed by atoms with Crippen LogP contribution in [0.4, 0.5) is 0 Å². The van der Waals surface area contributed by atoms with E-state index in [1.165, 1.54) is 5.56 Å². The maximum absolute atomic E-state index is 12.3. The van der Waals surface area contributed by atoms with E-state index in [0.717, 1.165) is 22.3 Å². The Kier molecular flexibility index (Phi) is 8.83. The van der Waals surface area contributed by atoms with Crippen molar-refractivity contribution in [2.24, 2.45) is 5.10 Å². The highest BCUT2D eigenvalue weighted by Gasteiger charge is 2.13. The molecule has 3 rings (SSSR count). The average Bonchev–Trinajstić information content (AvgIpc) is 2.81. The topological polar surface area (TPSA) is 83.7 Å². The number of hydrogen-bond donors (Lipinski definition) is 1. The third-order valence-corrected chi connectivity index (χ3v) is 5.61. The van der Waals surface area contributed by atoms with Gasteiger partial charge >= 0.3 is 0 Å². The summed E-state index contributed by atoms with van der Waals surface area (Å²) < 4.78 is 12.5. The first-order chi connectivity index (χ1) is 16.4. The Hall–Kier alpha value is -3.63. The summed E-state index contributed by atoms with van der Waals surface area (Å²) in [4.78, 5) is 12.3. The fourth-order valence-electron chi connectivity index (χ4n) is 3.39. The molecular weight excluding hydrogens is 494 g/mol. The monoisotopic (exact) mass is 519 g/mol. The van der Waals surface area contributed by atoms with Crippen LogP contribution in [0.25, 0.3) is 0 Å². The largest absolute Gasteiger partial charge is 0.490 e. The molecule has 3 aromatic carbocycles. The molecule has 0 fully saturated rings. The van der Waals surface area contributed by atoms with Crippen molar-refractivity contribution in [1.82, 2.24) is 5.43 Å². The van der Waals surface area contributed by atoms with Crippen molar-refractivity contribution in [3.8, 4) is 17.6 Å². The van der Waals surface area contributed by atoms with E-state index in [4.69, 9.17) is 14.7 Å². The molecular formula is C27H26BrN3O3. The number of aryl methyl sites for hydroxylation is 2. The molecule has 7 heteroatoms. The van der Waals surface area contributed by atoms with E-state index in [0.29, 0.717) is 28.1 Å². The number of hydrogen-bond acceptors (Lipinski definition) is 5. The third kappa shape index (κ3) is 6.93. The number of amides is 1. The van der Waals surface area contributed by atoms with Crippen LogP contribution in [0.1, 0.15) is 40.3 Å². The highest BCUT2D eigenvalue weighted by atomic mass is 79.9. The molecule has 1 N–H and O–H groups in total. The fraction of sp³-hybridized carbons (Fsp3) is 0.222.